The van der Waals surface area contributed by atoms with Crippen LogP contribution in [0.1, 0.15) is 33.6 Å². The maximum absolute atomic E-state index is 8.14. The molecule has 20 heavy (non-hydrogen) atoms. The molecule has 0 aromatic heterocycles. The molecule has 1 N–H and O–H groups in total. The van der Waals surface area contributed by atoms with Crippen LogP contribution in [0.3, 0.4) is 0 Å². The molecule has 0 saturated heterocycles. The van der Waals surface area contributed by atoms with Gasteiger partial charge in [-0.1, -0.05) is 45.4 Å². The average Bonchev–Trinajstić information content (AvgIpc) is 2.42. The summed E-state index contributed by atoms with van der Waals surface area (Å²) in [4.78, 5) is 4.63. The van der Waals surface area contributed by atoms with Gasteiger partial charge in [0.25, 0.3) is 0 Å². The molecule has 0 atom stereocenters. The van der Waals surface area contributed by atoms with E-state index in [9.17, 15) is 0 Å². The van der Waals surface area contributed by atoms with E-state index in [4.69, 9.17) is 5.41 Å². The van der Waals surface area contributed by atoms with Crippen molar-refractivity contribution in [3.63, 3.8) is 0 Å². The molecule has 1 aromatic carbocycles. The van der Waals surface area contributed by atoms with Crippen LogP contribution >= 0.6 is 0 Å². The van der Waals surface area contributed by atoms with Crippen molar-refractivity contribution in [1.29, 1.82) is 5.41 Å². The van der Waals surface area contributed by atoms with Crippen LogP contribution in [0.15, 0.2) is 59.1 Å². The zero-order chi connectivity index (χ0) is 14.6. The molecule has 0 unspecified atom stereocenters. The van der Waals surface area contributed by atoms with Crippen molar-refractivity contribution in [1.82, 2.24) is 0 Å². The smallest absolute Gasteiger partial charge is 0.0641 e. The monoisotopic (exact) mass is 266 g/mol. The van der Waals surface area contributed by atoms with E-state index in [1.165, 1.54) is 0 Å². The molecular weight excluding hydrogens is 244 g/mol. The van der Waals surface area contributed by atoms with Crippen molar-refractivity contribution in [3.05, 3.63) is 54.1 Å². The van der Waals surface area contributed by atoms with Crippen LogP contribution in [-0.4, -0.2) is 11.4 Å². The maximum atomic E-state index is 8.14. The third kappa shape index (κ3) is 3.32. The lowest BCUT2D eigenvalue weighted by atomic mass is 9.76. The molecule has 1 aliphatic rings. The molecule has 1 aliphatic carbocycles. The summed E-state index contributed by atoms with van der Waals surface area (Å²) >= 11 is 0. The van der Waals surface area contributed by atoms with Gasteiger partial charge in [-0.2, -0.15) is 0 Å². The molecule has 0 heterocycles. The van der Waals surface area contributed by atoms with Crippen molar-refractivity contribution in [3.8, 4) is 0 Å². The van der Waals surface area contributed by atoms with Gasteiger partial charge < -0.3 is 5.41 Å². The van der Waals surface area contributed by atoms with Crippen LogP contribution in [0.2, 0.25) is 0 Å². The van der Waals surface area contributed by atoms with Gasteiger partial charge in [0, 0.05) is 0 Å². The standard InChI is InChI=1S/C18H22N2/c1-4-12-18(2,3)16-13-15(10-11-17(16)19)20-14-8-6-5-7-9-14/h5-11,13,19H,4,12H2,1-3H3. The molecule has 0 amide bonds. The van der Waals surface area contributed by atoms with Crippen molar-refractivity contribution in [2.24, 2.45) is 10.4 Å². The minimum Gasteiger partial charge on any atom is -0.301 e. The SMILES string of the molecule is CCCC(C)(C)C1=CC(=Nc2ccccc2)C=CC1=N. The summed E-state index contributed by atoms with van der Waals surface area (Å²) in [6, 6.07) is 9.94. The van der Waals surface area contributed by atoms with Crippen LogP contribution in [-0.2, 0) is 0 Å². The summed E-state index contributed by atoms with van der Waals surface area (Å²) in [5.74, 6) is 0. The highest BCUT2D eigenvalue weighted by molar-refractivity contribution is 6.21. The second kappa shape index (κ2) is 6.00. The number of nitrogens with one attached hydrogen (secondary N) is 1. The zero-order valence-corrected chi connectivity index (χ0v) is 12.5. The van der Waals surface area contributed by atoms with E-state index >= 15 is 0 Å². The van der Waals surface area contributed by atoms with Crippen LogP contribution in [0.5, 0.6) is 0 Å². The molecule has 0 saturated carbocycles. The van der Waals surface area contributed by atoms with Gasteiger partial charge in [-0.15, -0.1) is 0 Å². The molecule has 1 aromatic rings. The lowest BCUT2D eigenvalue weighted by Gasteiger charge is -2.29. The van der Waals surface area contributed by atoms with Crippen LogP contribution in [0.25, 0.3) is 0 Å². The first kappa shape index (κ1) is 14.4. The Morgan fingerprint density at radius 1 is 1.10 bits per heavy atom. The summed E-state index contributed by atoms with van der Waals surface area (Å²) in [6.07, 6.45) is 8.03. The molecular formula is C18H22N2. The van der Waals surface area contributed by atoms with E-state index in [1.54, 1.807) is 0 Å². The minimum absolute atomic E-state index is 0.0219. The summed E-state index contributed by atoms with van der Waals surface area (Å²) in [5.41, 5.74) is 3.58. The van der Waals surface area contributed by atoms with Gasteiger partial charge in [0.15, 0.2) is 0 Å². The summed E-state index contributed by atoms with van der Waals surface area (Å²) < 4.78 is 0. The number of nitrogens with zero attached hydrogens (tertiary/aromatic N) is 1. The first-order valence-corrected chi connectivity index (χ1v) is 7.16. The van der Waals surface area contributed by atoms with Crippen molar-refractivity contribution >= 4 is 17.1 Å². The quantitative estimate of drug-likeness (QED) is 0.736. The lowest BCUT2D eigenvalue weighted by molar-refractivity contribution is 0.417. The number of benzene rings is 1. The van der Waals surface area contributed by atoms with Gasteiger partial charge in [-0.05, 0) is 47.8 Å². The second-order valence-corrected chi connectivity index (χ2v) is 5.81. The number of hydrogen-bond donors (Lipinski definition) is 1. The molecule has 2 heteroatoms. The predicted molar refractivity (Wildman–Crippen MR) is 87.2 cm³/mol. The van der Waals surface area contributed by atoms with Crippen LogP contribution in [0.4, 0.5) is 5.69 Å². The molecule has 2 rings (SSSR count). The minimum atomic E-state index is 0.0219. The highest BCUT2D eigenvalue weighted by atomic mass is 14.7. The highest BCUT2D eigenvalue weighted by Crippen LogP contribution is 2.34. The first-order chi connectivity index (χ1) is 9.53. The maximum Gasteiger partial charge on any atom is 0.0641 e. The average molecular weight is 266 g/mol. The van der Waals surface area contributed by atoms with E-state index in [0.29, 0.717) is 5.71 Å². The number of allylic oxidation sites excluding steroid dienone is 4. The molecule has 2 nitrogen and oxygen atoms in total. The van der Waals surface area contributed by atoms with Crippen LogP contribution < -0.4 is 0 Å². The van der Waals surface area contributed by atoms with Crippen molar-refractivity contribution in [2.45, 2.75) is 33.6 Å². The summed E-state index contributed by atoms with van der Waals surface area (Å²) in [5, 5.41) is 8.14. The predicted octanol–water partition coefficient (Wildman–Crippen LogP) is 5.10. The van der Waals surface area contributed by atoms with E-state index < -0.39 is 0 Å². The number of para-hydroxylation sites is 1. The largest absolute Gasteiger partial charge is 0.301 e. The molecule has 0 radical (unpaired) electrons. The number of rotatable bonds is 4. The summed E-state index contributed by atoms with van der Waals surface area (Å²) in [6.45, 7) is 6.59. The third-order valence-electron chi connectivity index (χ3n) is 3.62. The number of hydrogen-bond acceptors (Lipinski definition) is 2. The highest BCUT2D eigenvalue weighted by Gasteiger charge is 2.26. The fourth-order valence-corrected chi connectivity index (χ4v) is 2.57. The molecule has 0 bridgehead atoms. The lowest BCUT2D eigenvalue weighted by Crippen LogP contribution is -2.23. The first-order valence-electron chi connectivity index (χ1n) is 7.16. The van der Waals surface area contributed by atoms with Gasteiger partial charge in [-0.3, -0.25) is 0 Å². The Balaban J connectivity index is 2.34. The Kier molecular flexibility index (Phi) is 4.33. The number of aliphatic imine (C=N–C) groups is 1. The normalized spacial score (nSPS) is 17.4. The van der Waals surface area contributed by atoms with Gasteiger partial charge in [-0.25, -0.2) is 4.99 Å². The van der Waals surface area contributed by atoms with E-state index in [1.807, 2.05) is 42.5 Å². The van der Waals surface area contributed by atoms with Crippen molar-refractivity contribution in [2.75, 3.05) is 0 Å². The Morgan fingerprint density at radius 2 is 1.80 bits per heavy atom. The van der Waals surface area contributed by atoms with Gasteiger partial charge >= 0.3 is 0 Å². The van der Waals surface area contributed by atoms with Crippen molar-refractivity contribution < 1.29 is 0 Å². The molecule has 0 fully saturated rings. The fourth-order valence-electron chi connectivity index (χ4n) is 2.57. The fraction of sp³-hybridized carbons (Fsp3) is 0.333. The molecule has 0 spiro atoms. The zero-order valence-electron chi connectivity index (χ0n) is 12.5. The Bertz CT molecular complexity index is 575. The van der Waals surface area contributed by atoms with E-state index in [-0.39, 0.29) is 5.41 Å². The van der Waals surface area contributed by atoms with Gasteiger partial charge in [0.05, 0.1) is 17.1 Å². The Labute approximate surface area is 121 Å². The molecule has 104 valence electrons. The Hall–Kier alpha value is -1.96. The van der Waals surface area contributed by atoms with Gasteiger partial charge in [0.2, 0.25) is 0 Å². The van der Waals surface area contributed by atoms with E-state index in [0.717, 1.165) is 29.8 Å². The van der Waals surface area contributed by atoms with E-state index in [2.05, 4.69) is 31.8 Å². The van der Waals surface area contributed by atoms with Gasteiger partial charge in [0.1, 0.15) is 0 Å². The van der Waals surface area contributed by atoms with Crippen LogP contribution in [0, 0.1) is 10.8 Å². The third-order valence-corrected chi connectivity index (χ3v) is 3.62. The summed E-state index contributed by atoms with van der Waals surface area (Å²) in [7, 11) is 0. The second-order valence-electron chi connectivity index (χ2n) is 5.81. The Morgan fingerprint density at radius 3 is 2.45 bits per heavy atom. The molecule has 0 aliphatic heterocycles. The topological polar surface area (TPSA) is 36.2 Å².